The Bertz CT molecular complexity index is 1190. The highest BCUT2D eigenvalue weighted by Gasteiger charge is 2.12. The van der Waals surface area contributed by atoms with Crippen molar-refractivity contribution in [2.24, 2.45) is 0 Å². The quantitative estimate of drug-likeness (QED) is 0.483. The highest BCUT2D eigenvalue weighted by Crippen LogP contribution is 2.35. The Morgan fingerprint density at radius 1 is 0.840 bits per heavy atom. The molecule has 0 spiro atoms. The van der Waals surface area contributed by atoms with E-state index in [1.165, 1.54) is 12.1 Å². The summed E-state index contributed by atoms with van der Waals surface area (Å²) in [6.45, 7) is 0. The molecule has 4 nitrogen and oxygen atoms in total. The van der Waals surface area contributed by atoms with Crippen molar-refractivity contribution in [3.8, 4) is 22.3 Å². The summed E-state index contributed by atoms with van der Waals surface area (Å²) in [6, 6.07) is 12.8. The maximum atomic E-state index is 13.3. The molecule has 5 aromatic rings. The van der Waals surface area contributed by atoms with Gasteiger partial charge in [-0.25, -0.2) is 9.37 Å². The molecule has 0 bridgehead atoms. The first-order chi connectivity index (χ1) is 12.3. The van der Waals surface area contributed by atoms with Crippen LogP contribution in [0.3, 0.4) is 0 Å². The molecule has 0 unspecified atom stereocenters. The van der Waals surface area contributed by atoms with E-state index >= 15 is 0 Å². The fourth-order valence-corrected chi connectivity index (χ4v) is 3.25. The predicted molar refractivity (Wildman–Crippen MR) is 96.6 cm³/mol. The van der Waals surface area contributed by atoms with Crippen molar-refractivity contribution in [3.63, 3.8) is 0 Å². The normalized spacial score (nSPS) is 11.4. The highest BCUT2D eigenvalue weighted by molar-refractivity contribution is 6.12. The van der Waals surface area contributed by atoms with Crippen LogP contribution in [0.4, 0.5) is 4.39 Å². The van der Waals surface area contributed by atoms with E-state index in [-0.39, 0.29) is 5.82 Å². The Morgan fingerprint density at radius 3 is 2.48 bits per heavy atom. The number of aromatic nitrogens is 4. The van der Waals surface area contributed by atoms with E-state index in [2.05, 4.69) is 38.4 Å². The van der Waals surface area contributed by atoms with Crippen molar-refractivity contribution in [2.75, 3.05) is 0 Å². The van der Waals surface area contributed by atoms with Crippen LogP contribution < -0.4 is 0 Å². The monoisotopic (exact) mass is 328 g/mol. The van der Waals surface area contributed by atoms with Gasteiger partial charge in [0.15, 0.2) is 0 Å². The lowest BCUT2D eigenvalue weighted by Crippen LogP contribution is -1.84. The summed E-state index contributed by atoms with van der Waals surface area (Å²) in [5, 5.41) is 10.1. The second-order valence-electron chi connectivity index (χ2n) is 5.98. The van der Waals surface area contributed by atoms with E-state index in [1.807, 2.05) is 18.6 Å². The lowest BCUT2D eigenvalue weighted by atomic mass is 9.99. The molecule has 120 valence electrons. The first-order valence-corrected chi connectivity index (χ1v) is 7.94. The maximum absolute atomic E-state index is 13.3. The van der Waals surface area contributed by atoms with E-state index < -0.39 is 0 Å². The molecule has 0 aliphatic heterocycles. The number of nitrogens with zero attached hydrogens (tertiary/aromatic N) is 2. The van der Waals surface area contributed by atoms with Gasteiger partial charge in [0.05, 0.1) is 6.20 Å². The first kappa shape index (κ1) is 13.9. The minimum Gasteiger partial charge on any atom is -0.345 e. The molecular formula is C20H13FN4. The van der Waals surface area contributed by atoms with Crippen LogP contribution in [0.2, 0.25) is 0 Å². The molecular weight excluding hydrogens is 315 g/mol. The third-order valence-electron chi connectivity index (χ3n) is 4.50. The Labute approximate surface area is 142 Å². The van der Waals surface area contributed by atoms with Crippen LogP contribution in [0.15, 0.2) is 67.3 Å². The molecule has 0 aliphatic carbocycles. The van der Waals surface area contributed by atoms with Crippen LogP contribution in [0.1, 0.15) is 0 Å². The Balaban J connectivity index is 1.82. The van der Waals surface area contributed by atoms with Crippen molar-refractivity contribution in [2.45, 2.75) is 0 Å². The second-order valence-corrected chi connectivity index (χ2v) is 5.98. The maximum Gasteiger partial charge on any atom is 0.138 e. The number of benzene rings is 2. The van der Waals surface area contributed by atoms with Gasteiger partial charge in [-0.1, -0.05) is 24.3 Å². The number of rotatable bonds is 2. The number of H-pyrrole nitrogens is 2. The second kappa shape index (κ2) is 5.27. The molecule has 25 heavy (non-hydrogen) atoms. The molecule has 5 rings (SSSR count). The smallest absolute Gasteiger partial charge is 0.138 e. The summed E-state index contributed by atoms with van der Waals surface area (Å²) >= 11 is 0. The third kappa shape index (κ3) is 2.21. The van der Waals surface area contributed by atoms with Crippen LogP contribution in [-0.2, 0) is 0 Å². The van der Waals surface area contributed by atoms with Crippen LogP contribution in [-0.4, -0.2) is 20.2 Å². The molecule has 5 heteroatoms. The number of aromatic amines is 2. The lowest BCUT2D eigenvalue weighted by molar-refractivity contribution is 0.628. The Morgan fingerprint density at radius 2 is 1.68 bits per heavy atom. The summed E-state index contributed by atoms with van der Waals surface area (Å²) in [7, 11) is 0. The molecule has 0 atom stereocenters. The fourth-order valence-electron chi connectivity index (χ4n) is 3.25. The predicted octanol–water partition coefficient (Wildman–Crippen LogP) is 4.91. The number of fused-ring (bicyclic) bond motifs is 3. The first-order valence-electron chi connectivity index (χ1n) is 7.94. The van der Waals surface area contributed by atoms with Crippen LogP contribution in [0, 0.1) is 5.82 Å². The lowest BCUT2D eigenvalue weighted by Gasteiger charge is -2.06. The van der Waals surface area contributed by atoms with Crippen molar-refractivity contribution in [1.29, 1.82) is 0 Å². The van der Waals surface area contributed by atoms with Crippen LogP contribution in [0.25, 0.3) is 44.1 Å². The van der Waals surface area contributed by atoms with Crippen molar-refractivity contribution < 1.29 is 4.39 Å². The average Bonchev–Trinajstić information content (AvgIpc) is 3.32. The number of hydrogen-bond acceptors (Lipinski definition) is 2. The summed E-state index contributed by atoms with van der Waals surface area (Å²) in [4.78, 5) is 7.74. The molecule has 2 N–H and O–H groups in total. The van der Waals surface area contributed by atoms with Gasteiger partial charge in [0.1, 0.15) is 11.5 Å². The number of hydrogen-bond donors (Lipinski definition) is 2. The Kier molecular flexibility index (Phi) is 2.94. The van der Waals surface area contributed by atoms with E-state index in [9.17, 15) is 4.39 Å². The molecule has 2 aromatic carbocycles. The van der Waals surface area contributed by atoms with Gasteiger partial charge in [-0.3, -0.25) is 5.10 Å². The van der Waals surface area contributed by atoms with Gasteiger partial charge in [0.25, 0.3) is 0 Å². The zero-order valence-corrected chi connectivity index (χ0v) is 13.1. The minimum absolute atomic E-state index is 0.242. The van der Waals surface area contributed by atoms with Gasteiger partial charge in [-0.2, -0.15) is 5.10 Å². The van der Waals surface area contributed by atoms with E-state index in [4.69, 9.17) is 0 Å². The zero-order valence-electron chi connectivity index (χ0n) is 13.1. The van der Waals surface area contributed by atoms with Crippen LogP contribution >= 0.6 is 0 Å². The van der Waals surface area contributed by atoms with Gasteiger partial charge in [-0.05, 0) is 34.7 Å². The molecule has 0 aliphatic rings. The summed E-state index contributed by atoms with van der Waals surface area (Å²) in [5.74, 6) is -0.242. The largest absolute Gasteiger partial charge is 0.345 e. The molecule has 0 radical (unpaired) electrons. The third-order valence-corrected chi connectivity index (χ3v) is 4.50. The van der Waals surface area contributed by atoms with Gasteiger partial charge >= 0.3 is 0 Å². The summed E-state index contributed by atoms with van der Waals surface area (Å²) in [5.41, 5.74) is 4.90. The minimum atomic E-state index is -0.242. The molecule has 3 aromatic heterocycles. The molecule has 0 saturated heterocycles. The standard InChI is InChI=1S/C20H13FN4/c21-16-5-3-12(4-6-16)18-11-23-20-19(18)17-7-13(15-9-24-25-10-15)1-2-14(17)8-22-20/h1-11H,(H,22,23)(H,24,25). The number of halogens is 1. The van der Waals surface area contributed by atoms with Crippen molar-refractivity contribution in [1.82, 2.24) is 20.2 Å². The topological polar surface area (TPSA) is 57.4 Å². The summed E-state index contributed by atoms with van der Waals surface area (Å²) < 4.78 is 13.3. The SMILES string of the molecule is Fc1ccc(-c2c[nH]c3ncc4ccc(-c5cn[nH]c5)cc4c23)cc1. The summed E-state index contributed by atoms with van der Waals surface area (Å²) in [6.07, 6.45) is 7.46. The van der Waals surface area contributed by atoms with E-state index in [0.29, 0.717) is 0 Å². The van der Waals surface area contributed by atoms with Gasteiger partial charge in [0.2, 0.25) is 0 Å². The van der Waals surface area contributed by atoms with Crippen LogP contribution in [0.5, 0.6) is 0 Å². The highest BCUT2D eigenvalue weighted by atomic mass is 19.1. The van der Waals surface area contributed by atoms with Crippen molar-refractivity contribution >= 4 is 21.8 Å². The average molecular weight is 328 g/mol. The number of nitrogens with one attached hydrogen (secondary N) is 2. The zero-order chi connectivity index (χ0) is 16.8. The van der Waals surface area contributed by atoms with E-state index in [1.54, 1.807) is 18.3 Å². The van der Waals surface area contributed by atoms with Gasteiger partial charge in [0, 0.05) is 40.5 Å². The van der Waals surface area contributed by atoms with Gasteiger partial charge in [-0.15, -0.1) is 0 Å². The molecule has 0 saturated carbocycles. The fraction of sp³-hybridized carbons (Fsp3) is 0. The van der Waals surface area contributed by atoms with Crippen molar-refractivity contribution in [3.05, 3.63) is 73.1 Å². The number of pyridine rings is 1. The Hall–Kier alpha value is -3.47. The molecule has 0 fully saturated rings. The van der Waals surface area contributed by atoms with Gasteiger partial charge < -0.3 is 4.98 Å². The molecule has 3 heterocycles. The van der Waals surface area contributed by atoms with E-state index in [0.717, 1.165) is 44.1 Å². The molecule has 0 amide bonds.